The zero-order chi connectivity index (χ0) is 33.9. The zero-order valence-corrected chi connectivity index (χ0v) is 24.7. The third kappa shape index (κ3) is 8.64. The summed E-state index contributed by atoms with van der Waals surface area (Å²) >= 11 is 0.918. The van der Waals surface area contributed by atoms with E-state index in [4.69, 9.17) is 4.74 Å². The number of thioether (sulfide) groups is 1. The van der Waals surface area contributed by atoms with E-state index in [1.807, 2.05) is 0 Å². The van der Waals surface area contributed by atoms with E-state index in [-0.39, 0.29) is 39.4 Å². The van der Waals surface area contributed by atoms with Crippen LogP contribution in [0.5, 0.6) is 5.75 Å². The average Bonchev–Trinajstić information content (AvgIpc) is 3.61. The number of hydrogen-bond acceptors (Lipinski definition) is 7. The second-order valence-electron chi connectivity index (χ2n) is 9.83. The van der Waals surface area contributed by atoms with Crippen molar-refractivity contribution in [3.8, 4) is 22.8 Å². The molecule has 1 aliphatic rings. The normalized spacial score (nSPS) is 14.6. The van der Waals surface area contributed by atoms with Crippen LogP contribution in [0.25, 0.3) is 17.1 Å². The molecule has 1 aliphatic heterocycles. The molecule has 1 saturated heterocycles. The fourth-order valence-electron chi connectivity index (χ4n) is 4.27. The highest BCUT2D eigenvalue weighted by molar-refractivity contribution is 8.15. The first-order valence-corrected chi connectivity index (χ1v) is 14.3. The predicted molar refractivity (Wildman–Crippen MR) is 157 cm³/mol. The lowest BCUT2D eigenvalue weighted by Crippen LogP contribution is -2.31. The maximum atomic E-state index is 15.0. The van der Waals surface area contributed by atoms with E-state index in [0.717, 1.165) is 34.9 Å². The minimum absolute atomic E-state index is 0.0691. The molecule has 0 spiro atoms. The highest BCUT2D eigenvalue weighted by atomic mass is 32.2. The largest absolute Gasteiger partial charge is 0.573 e. The number of aliphatic imine (C=N–C) groups is 1. The number of halogens is 7. The van der Waals surface area contributed by atoms with Gasteiger partial charge in [0.05, 0.1) is 29.4 Å². The molecule has 5 rings (SSSR count). The molecule has 4 aromatic rings. The van der Waals surface area contributed by atoms with Crippen molar-refractivity contribution in [1.82, 2.24) is 14.8 Å². The Morgan fingerprint density at radius 1 is 1.04 bits per heavy atom. The Morgan fingerprint density at radius 3 is 2.47 bits per heavy atom. The van der Waals surface area contributed by atoms with Gasteiger partial charge in [-0.3, -0.25) is 9.69 Å². The van der Waals surface area contributed by atoms with E-state index < -0.39 is 49.3 Å². The van der Waals surface area contributed by atoms with Crippen LogP contribution in [0.15, 0.2) is 72.0 Å². The number of aromatic nitrogens is 3. The molecular weight excluding hydrogens is 661 g/mol. The van der Waals surface area contributed by atoms with Gasteiger partial charge >= 0.3 is 18.6 Å². The number of carbonyl (C=O) groups is 2. The molecule has 246 valence electrons. The van der Waals surface area contributed by atoms with Gasteiger partial charge in [0, 0.05) is 17.2 Å². The Labute approximate surface area is 265 Å². The summed E-state index contributed by atoms with van der Waals surface area (Å²) in [6.45, 7) is -0.244. The Bertz CT molecular complexity index is 1830. The van der Waals surface area contributed by atoms with Gasteiger partial charge in [-0.25, -0.2) is 18.9 Å². The molecule has 3 amide bonds. The van der Waals surface area contributed by atoms with Gasteiger partial charge in [0.25, 0.3) is 0 Å². The van der Waals surface area contributed by atoms with Crippen LogP contribution in [0.4, 0.5) is 46.9 Å². The maximum absolute atomic E-state index is 15.0. The summed E-state index contributed by atoms with van der Waals surface area (Å²) in [6.07, 6.45) is -8.13. The third-order valence-electron chi connectivity index (χ3n) is 6.26. The molecule has 0 atom stereocenters. The lowest BCUT2D eigenvalue weighted by Gasteiger charge is -2.21. The fraction of sp³-hybridized carbons (Fsp3) is 0.207. The van der Waals surface area contributed by atoms with E-state index in [1.165, 1.54) is 41.3 Å². The van der Waals surface area contributed by atoms with E-state index in [1.54, 1.807) is 19.1 Å². The molecule has 2 heterocycles. The topological polar surface area (TPSA) is 111 Å². The number of alkyl halides is 6. The molecule has 0 radical (unpaired) electrons. The summed E-state index contributed by atoms with van der Waals surface area (Å²) in [7, 11) is 0. The highest BCUT2D eigenvalue weighted by Gasteiger charge is 2.33. The van der Waals surface area contributed by atoms with Crippen molar-refractivity contribution in [3.05, 3.63) is 83.9 Å². The van der Waals surface area contributed by atoms with Gasteiger partial charge in [-0.2, -0.15) is 18.2 Å². The summed E-state index contributed by atoms with van der Waals surface area (Å²) in [6, 6.07) is 12.2. The molecule has 1 aromatic heterocycles. The Hall–Kier alpha value is -4.97. The first kappa shape index (κ1) is 33.4. The van der Waals surface area contributed by atoms with Crippen LogP contribution in [0, 0.1) is 12.7 Å². The first-order chi connectivity index (χ1) is 22.1. The number of anilines is 2. The highest BCUT2D eigenvalue weighted by Crippen LogP contribution is 2.32. The summed E-state index contributed by atoms with van der Waals surface area (Å²) in [5.41, 5.74) is 1.44. The molecule has 0 saturated carbocycles. The number of aryl methyl sites for hydroxylation is 1. The number of nitrogens with zero attached hydrogens (tertiary/aromatic N) is 5. The van der Waals surface area contributed by atoms with Gasteiger partial charge < -0.3 is 14.8 Å². The van der Waals surface area contributed by atoms with Crippen molar-refractivity contribution in [1.29, 1.82) is 0 Å². The molecule has 0 unspecified atom stereocenters. The zero-order valence-electron chi connectivity index (χ0n) is 23.9. The number of amides is 3. The number of benzene rings is 3. The van der Waals surface area contributed by atoms with Gasteiger partial charge in [0.2, 0.25) is 5.91 Å². The van der Waals surface area contributed by atoms with Crippen LogP contribution in [0.3, 0.4) is 0 Å². The quantitative estimate of drug-likeness (QED) is 0.199. The number of nitrogens with one attached hydrogen (secondary N) is 1. The van der Waals surface area contributed by atoms with Gasteiger partial charge in [0.15, 0.2) is 11.0 Å². The minimum Gasteiger partial charge on any atom is -0.406 e. The van der Waals surface area contributed by atoms with Gasteiger partial charge in [-0.1, -0.05) is 23.9 Å². The van der Waals surface area contributed by atoms with E-state index >= 15 is 4.39 Å². The number of rotatable bonds is 8. The van der Waals surface area contributed by atoms with Gasteiger partial charge in [-0.15, -0.1) is 18.3 Å². The van der Waals surface area contributed by atoms with E-state index in [0.29, 0.717) is 11.1 Å². The van der Waals surface area contributed by atoms with Crippen LogP contribution in [0.2, 0.25) is 0 Å². The summed E-state index contributed by atoms with van der Waals surface area (Å²) < 4.78 is 99.9. The van der Waals surface area contributed by atoms with Crippen LogP contribution < -0.4 is 15.0 Å². The Morgan fingerprint density at radius 2 is 1.79 bits per heavy atom. The summed E-state index contributed by atoms with van der Waals surface area (Å²) in [5.74, 6) is -1.74. The molecule has 47 heavy (non-hydrogen) atoms. The molecule has 10 nitrogen and oxygen atoms in total. The number of urea groups is 1. The van der Waals surface area contributed by atoms with Crippen molar-refractivity contribution < 1.29 is 49.8 Å². The molecule has 0 aliphatic carbocycles. The van der Waals surface area contributed by atoms with Crippen LogP contribution in [0.1, 0.15) is 11.1 Å². The molecule has 0 bridgehead atoms. The number of hydrogen-bond donors (Lipinski definition) is 1. The summed E-state index contributed by atoms with van der Waals surface area (Å²) in [5, 5.41) is 6.43. The molecule has 1 fully saturated rings. The third-order valence-corrected chi connectivity index (χ3v) is 7.19. The van der Waals surface area contributed by atoms with Crippen molar-refractivity contribution in [3.63, 3.8) is 0 Å². The van der Waals surface area contributed by atoms with Crippen molar-refractivity contribution in [2.75, 3.05) is 22.6 Å². The fourth-order valence-corrected chi connectivity index (χ4v) is 5.12. The van der Waals surface area contributed by atoms with E-state index in [9.17, 15) is 35.9 Å². The van der Waals surface area contributed by atoms with Crippen molar-refractivity contribution in [2.24, 2.45) is 4.99 Å². The average molecular weight is 683 g/mol. The SMILES string of the molecule is Cc1ccc(COCC(F)(F)F)c(N2C(=O)CSC2=NC(=O)Nc2ccc(-n3cnc(-c4ccc(OC(F)(F)F)cc4)n3)cc2F)c1. The van der Waals surface area contributed by atoms with Gasteiger partial charge in [-0.05, 0) is 55.0 Å². The minimum atomic E-state index is -4.84. The standard InChI is InChI=1S/C29H21F7N6O4S/c1-16-2-3-18(12-45-14-28(31,32)33)23(10-16)42-24(43)13-47-27(42)39-26(44)38-22-9-6-19(11-21(22)30)41-15-37-25(40-41)17-4-7-20(8-5-17)46-29(34,35)36/h2-11,15H,12-14H2,1H3,(H,38,44). The molecule has 1 N–H and O–H groups in total. The number of amidine groups is 1. The number of ether oxygens (including phenoxy) is 2. The van der Waals surface area contributed by atoms with Gasteiger partial charge in [0.1, 0.15) is 24.5 Å². The lowest BCUT2D eigenvalue weighted by atomic mass is 10.1. The second kappa shape index (κ2) is 13.4. The first-order valence-electron chi connectivity index (χ1n) is 13.3. The predicted octanol–water partition coefficient (Wildman–Crippen LogP) is 7.03. The van der Waals surface area contributed by atoms with Crippen LogP contribution in [-0.4, -0.2) is 56.8 Å². The number of carbonyl (C=O) groups excluding carboxylic acids is 2. The lowest BCUT2D eigenvalue weighted by molar-refractivity contribution is -0.274. The molecular formula is C29H21F7N6O4S. The smallest absolute Gasteiger partial charge is 0.406 e. The van der Waals surface area contributed by atoms with Crippen molar-refractivity contribution in [2.45, 2.75) is 26.1 Å². The molecule has 3 aromatic carbocycles. The Balaban J connectivity index is 1.29. The maximum Gasteiger partial charge on any atom is 0.573 e. The second-order valence-corrected chi connectivity index (χ2v) is 10.8. The Kier molecular flexibility index (Phi) is 9.53. The van der Waals surface area contributed by atoms with Crippen LogP contribution >= 0.6 is 11.8 Å². The molecule has 18 heteroatoms. The van der Waals surface area contributed by atoms with E-state index in [2.05, 4.69) is 25.1 Å². The monoisotopic (exact) mass is 682 g/mol. The van der Waals surface area contributed by atoms with Crippen molar-refractivity contribution >= 4 is 40.2 Å². The van der Waals surface area contributed by atoms with Crippen LogP contribution in [-0.2, 0) is 16.1 Å². The summed E-state index contributed by atoms with van der Waals surface area (Å²) in [4.78, 5) is 34.6.